The van der Waals surface area contributed by atoms with Crippen LogP contribution in [0.5, 0.6) is 0 Å². The molecule has 0 amide bonds. The topological polar surface area (TPSA) is 20.2 Å². The standard InChI is InChI=1S/C18H27N3/c1-15-13-17(16(2)21(15)4)14-19-11-8-12-20(3)18-9-6-5-7-10-18/h5-7,9-10,13,19H,8,11-12,14H2,1-4H3. The van der Waals surface area contributed by atoms with Crippen molar-refractivity contribution < 1.29 is 0 Å². The number of hydrogen-bond acceptors (Lipinski definition) is 2. The largest absolute Gasteiger partial charge is 0.375 e. The minimum atomic E-state index is 0.961. The summed E-state index contributed by atoms with van der Waals surface area (Å²) in [5.41, 5.74) is 5.38. The second-order valence-corrected chi connectivity index (χ2v) is 5.74. The molecule has 0 aliphatic rings. The van der Waals surface area contributed by atoms with E-state index < -0.39 is 0 Å². The van der Waals surface area contributed by atoms with Crippen LogP contribution in [0.3, 0.4) is 0 Å². The van der Waals surface area contributed by atoms with Crippen molar-refractivity contribution in [3.8, 4) is 0 Å². The Labute approximate surface area is 128 Å². The molecule has 0 unspecified atom stereocenters. The Hall–Kier alpha value is -1.74. The second kappa shape index (κ2) is 7.32. The molecule has 2 rings (SSSR count). The summed E-state index contributed by atoms with van der Waals surface area (Å²) in [5, 5.41) is 3.55. The Kier molecular flexibility index (Phi) is 5.45. The van der Waals surface area contributed by atoms with E-state index in [1.165, 1.54) is 22.6 Å². The molecule has 2 aromatic rings. The maximum absolute atomic E-state index is 3.55. The van der Waals surface area contributed by atoms with Crippen molar-refractivity contribution >= 4 is 5.69 Å². The van der Waals surface area contributed by atoms with Gasteiger partial charge in [-0.1, -0.05) is 18.2 Å². The van der Waals surface area contributed by atoms with Crippen LogP contribution in [0.25, 0.3) is 0 Å². The van der Waals surface area contributed by atoms with E-state index in [4.69, 9.17) is 0 Å². The second-order valence-electron chi connectivity index (χ2n) is 5.74. The number of hydrogen-bond donors (Lipinski definition) is 1. The molecule has 21 heavy (non-hydrogen) atoms. The minimum Gasteiger partial charge on any atom is -0.375 e. The average molecular weight is 285 g/mol. The van der Waals surface area contributed by atoms with Gasteiger partial charge in [0.05, 0.1) is 0 Å². The summed E-state index contributed by atoms with van der Waals surface area (Å²) in [6.45, 7) is 7.43. The highest BCUT2D eigenvalue weighted by molar-refractivity contribution is 5.44. The maximum Gasteiger partial charge on any atom is 0.0363 e. The fourth-order valence-corrected chi connectivity index (χ4v) is 2.59. The number of anilines is 1. The number of nitrogens with zero attached hydrogens (tertiary/aromatic N) is 2. The molecule has 0 aliphatic carbocycles. The van der Waals surface area contributed by atoms with Crippen molar-refractivity contribution in [2.75, 3.05) is 25.0 Å². The van der Waals surface area contributed by atoms with Crippen LogP contribution in [0, 0.1) is 13.8 Å². The van der Waals surface area contributed by atoms with Gasteiger partial charge < -0.3 is 14.8 Å². The first kappa shape index (κ1) is 15.6. The zero-order valence-corrected chi connectivity index (χ0v) is 13.7. The van der Waals surface area contributed by atoms with Crippen molar-refractivity contribution in [1.82, 2.24) is 9.88 Å². The fourth-order valence-electron chi connectivity index (χ4n) is 2.59. The van der Waals surface area contributed by atoms with E-state index in [0.717, 1.165) is 26.1 Å². The molecule has 1 heterocycles. The molecule has 0 bridgehead atoms. The number of nitrogens with one attached hydrogen (secondary N) is 1. The first-order valence-corrected chi connectivity index (χ1v) is 7.68. The molecule has 0 saturated carbocycles. The predicted molar refractivity (Wildman–Crippen MR) is 90.9 cm³/mol. The van der Waals surface area contributed by atoms with Crippen molar-refractivity contribution in [2.45, 2.75) is 26.8 Å². The van der Waals surface area contributed by atoms with E-state index in [1.54, 1.807) is 0 Å². The fraction of sp³-hybridized carbons (Fsp3) is 0.444. The Morgan fingerprint density at radius 1 is 1.14 bits per heavy atom. The summed E-state index contributed by atoms with van der Waals surface area (Å²) in [5.74, 6) is 0. The summed E-state index contributed by atoms with van der Waals surface area (Å²) in [4.78, 5) is 2.31. The lowest BCUT2D eigenvalue weighted by molar-refractivity contribution is 0.643. The quantitative estimate of drug-likeness (QED) is 0.788. The number of benzene rings is 1. The van der Waals surface area contributed by atoms with E-state index in [-0.39, 0.29) is 0 Å². The first-order chi connectivity index (χ1) is 10.1. The molecule has 1 aromatic carbocycles. The normalized spacial score (nSPS) is 10.9. The smallest absolute Gasteiger partial charge is 0.0363 e. The monoisotopic (exact) mass is 285 g/mol. The Bertz CT molecular complexity index is 557. The summed E-state index contributed by atoms with van der Waals surface area (Å²) < 4.78 is 2.25. The van der Waals surface area contributed by atoms with Gasteiger partial charge in [-0.3, -0.25) is 0 Å². The van der Waals surface area contributed by atoms with Gasteiger partial charge in [0.1, 0.15) is 0 Å². The van der Waals surface area contributed by atoms with E-state index in [2.05, 4.69) is 79.1 Å². The van der Waals surface area contributed by atoms with Crippen LogP contribution < -0.4 is 10.2 Å². The summed E-state index contributed by atoms with van der Waals surface area (Å²) in [6, 6.07) is 12.8. The predicted octanol–water partition coefficient (Wildman–Crippen LogP) is 3.26. The lowest BCUT2D eigenvalue weighted by atomic mass is 10.2. The van der Waals surface area contributed by atoms with E-state index in [1.807, 2.05) is 0 Å². The van der Waals surface area contributed by atoms with Crippen molar-refractivity contribution in [2.24, 2.45) is 7.05 Å². The molecule has 1 N–H and O–H groups in total. The van der Waals surface area contributed by atoms with Crippen molar-refractivity contribution in [1.29, 1.82) is 0 Å². The van der Waals surface area contributed by atoms with Gasteiger partial charge in [0.2, 0.25) is 0 Å². The molecule has 3 nitrogen and oxygen atoms in total. The van der Waals surface area contributed by atoms with E-state index >= 15 is 0 Å². The van der Waals surface area contributed by atoms with Gasteiger partial charge in [-0.2, -0.15) is 0 Å². The third kappa shape index (κ3) is 4.11. The third-order valence-corrected chi connectivity index (χ3v) is 4.24. The van der Waals surface area contributed by atoms with Crippen LogP contribution in [-0.2, 0) is 13.6 Å². The molecule has 3 heteroatoms. The molecule has 0 aliphatic heterocycles. The lowest BCUT2D eigenvalue weighted by Gasteiger charge is -2.19. The highest BCUT2D eigenvalue weighted by Gasteiger charge is 2.05. The zero-order valence-electron chi connectivity index (χ0n) is 13.7. The van der Waals surface area contributed by atoms with Crippen LogP contribution in [0.4, 0.5) is 5.69 Å². The highest BCUT2D eigenvalue weighted by atomic mass is 15.1. The maximum atomic E-state index is 3.55. The van der Waals surface area contributed by atoms with Gasteiger partial charge in [-0.05, 0) is 50.6 Å². The molecule has 1 aromatic heterocycles. The summed E-state index contributed by atoms with van der Waals surface area (Å²) in [6.07, 6.45) is 1.15. The Morgan fingerprint density at radius 3 is 2.48 bits per heavy atom. The average Bonchev–Trinajstić information content (AvgIpc) is 2.75. The molecule has 0 radical (unpaired) electrons. The minimum absolute atomic E-state index is 0.961. The lowest BCUT2D eigenvalue weighted by Crippen LogP contribution is -2.23. The molecule has 0 atom stereocenters. The van der Waals surface area contributed by atoms with Crippen molar-refractivity contribution in [3.05, 3.63) is 53.3 Å². The third-order valence-electron chi connectivity index (χ3n) is 4.24. The SMILES string of the molecule is Cc1cc(CNCCCN(C)c2ccccc2)c(C)n1C. The van der Waals surface area contributed by atoms with E-state index in [9.17, 15) is 0 Å². The van der Waals surface area contributed by atoms with Crippen LogP contribution in [0.1, 0.15) is 23.4 Å². The van der Waals surface area contributed by atoms with Crippen LogP contribution >= 0.6 is 0 Å². The number of aryl methyl sites for hydroxylation is 1. The summed E-state index contributed by atoms with van der Waals surface area (Å²) in [7, 11) is 4.28. The van der Waals surface area contributed by atoms with Crippen molar-refractivity contribution in [3.63, 3.8) is 0 Å². The van der Waals surface area contributed by atoms with Crippen LogP contribution in [0.15, 0.2) is 36.4 Å². The van der Waals surface area contributed by atoms with E-state index in [0.29, 0.717) is 0 Å². The van der Waals surface area contributed by atoms with Gasteiger partial charge in [-0.15, -0.1) is 0 Å². The van der Waals surface area contributed by atoms with Crippen LogP contribution in [-0.4, -0.2) is 24.7 Å². The van der Waals surface area contributed by atoms with Gasteiger partial charge >= 0.3 is 0 Å². The molecule has 0 spiro atoms. The van der Waals surface area contributed by atoms with Gasteiger partial charge in [0, 0.05) is 44.3 Å². The first-order valence-electron chi connectivity index (χ1n) is 7.68. The molecule has 0 saturated heterocycles. The van der Waals surface area contributed by atoms with Crippen LogP contribution in [0.2, 0.25) is 0 Å². The number of para-hydroxylation sites is 1. The zero-order chi connectivity index (χ0) is 15.2. The number of aromatic nitrogens is 1. The number of rotatable bonds is 7. The van der Waals surface area contributed by atoms with Gasteiger partial charge in [-0.25, -0.2) is 0 Å². The molecular weight excluding hydrogens is 258 g/mol. The van der Waals surface area contributed by atoms with Gasteiger partial charge in [0.25, 0.3) is 0 Å². The molecule has 0 fully saturated rings. The Balaban J connectivity index is 1.69. The molecule has 114 valence electrons. The highest BCUT2D eigenvalue weighted by Crippen LogP contribution is 2.13. The van der Waals surface area contributed by atoms with Gasteiger partial charge in [0.15, 0.2) is 0 Å². The summed E-state index contributed by atoms with van der Waals surface area (Å²) >= 11 is 0. The Morgan fingerprint density at radius 2 is 1.86 bits per heavy atom. The molecular formula is C18H27N3.